The predicted molar refractivity (Wildman–Crippen MR) is 94.1 cm³/mol. The second-order valence-electron chi connectivity index (χ2n) is 5.88. The number of hydrogen-bond acceptors (Lipinski definition) is 3. The van der Waals surface area contributed by atoms with Gasteiger partial charge in [0.05, 0.1) is 11.0 Å². The lowest BCUT2D eigenvalue weighted by atomic mass is 10.2. The van der Waals surface area contributed by atoms with Crippen molar-refractivity contribution >= 4 is 22.8 Å². The highest BCUT2D eigenvalue weighted by Crippen LogP contribution is 2.18. The number of imidazole rings is 1. The number of likely N-dealkylation sites (N-methyl/N-ethyl adjacent to an activating group) is 1. The molecular weight excluding hydrogens is 278 g/mol. The number of aromatic nitrogens is 2. The highest BCUT2D eigenvalue weighted by molar-refractivity contribution is 7.99. The monoisotopic (exact) mass is 305 g/mol. The molecule has 4 heteroatoms. The highest BCUT2D eigenvalue weighted by atomic mass is 32.2. The van der Waals surface area contributed by atoms with Crippen LogP contribution in [0.15, 0.2) is 24.3 Å². The lowest BCUT2D eigenvalue weighted by molar-refractivity contribution is 0.576. The number of rotatable bonds is 8. The molecule has 0 saturated heterocycles. The highest BCUT2D eigenvalue weighted by Gasteiger charge is 2.14. The van der Waals surface area contributed by atoms with Crippen LogP contribution in [0.1, 0.15) is 26.6 Å². The summed E-state index contributed by atoms with van der Waals surface area (Å²) in [5, 5.41) is 3.45. The maximum Gasteiger partial charge on any atom is 0.111 e. The van der Waals surface area contributed by atoms with Crippen molar-refractivity contribution in [3.63, 3.8) is 0 Å². The van der Waals surface area contributed by atoms with Crippen LogP contribution in [0.3, 0.4) is 0 Å². The molecule has 0 fully saturated rings. The standard InChI is InChI=1S/C17H27N3S/c1-5-20-16-9-7-6-8-15(16)19-17(20)10-14(18-4)12-21-11-13(2)3/h6-9,13-14,18H,5,10-12H2,1-4H3. The normalized spacial score (nSPS) is 13.2. The molecule has 0 radical (unpaired) electrons. The lowest BCUT2D eigenvalue weighted by Crippen LogP contribution is -2.31. The van der Waals surface area contributed by atoms with Crippen LogP contribution < -0.4 is 5.32 Å². The minimum Gasteiger partial charge on any atom is -0.328 e. The minimum absolute atomic E-state index is 0.482. The summed E-state index contributed by atoms with van der Waals surface area (Å²) in [5.41, 5.74) is 2.36. The molecule has 0 saturated carbocycles. The first-order valence-corrected chi connectivity index (χ1v) is 9.00. The molecule has 1 aromatic heterocycles. The average molecular weight is 305 g/mol. The Kier molecular flexibility index (Phi) is 6.12. The maximum absolute atomic E-state index is 4.83. The van der Waals surface area contributed by atoms with Gasteiger partial charge in [-0.05, 0) is 37.8 Å². The maximum atomic E-state index is 4.83. The number of nitrogens with zero attached hydrogens (tertiary/aromatic N) is 2. The van der Waals surface area contributed by atoms with Gasteiger partial charge in [0.1, 0.15) is 5.82 Å². The van der Waals surface area contributed by atoms with Gasteiger partial charge in [-0.25, -0.2) is 4.98 Å². The molecule has 1 heterocycles. The predicted octanol–water partition coefficient (Wildman–Crippen LogP) is 3.58. The van der Waals surface area contributed by atoms with Gasteiger partial charge < -0.3 is 9.88 Å². The molecule has 1 aromatic carbocycles. The van der Waals surface area contributed by atoms with Gasteiger partial charge in [0.15, 0.2) is 0 Å². The molecule has 0 amide bonds. The SMILES string of the molecule is CCn1c(CC(CSCC(C)C)NC)nc2ccccc21. The number of thioether (sulfide) groups is 1. The summed E-state index contributed by atoms with van der Waals surface area (Å²) in [4.78, 5) is 4.83. The fourth-order valence-corrected chi connectivity index (χ4v) is 3.72. The Morgan fingerprint density at radius 3 is 2.67 bits per heavy atom. The van der Waals surface area contributed by atoms with E-state index in [4.69, 9.17) is 4.98 Å². The van der Waals surface area contributed by atoms with Crippen LogP contribution in [0.2, 0.25) is 0 Å². The molecule has 0 aliphatic carbocycles. The number of aryl methyl sites for hydroxylation is 1. The Labute approximate surface area is 132 Å². The third-order valence-corrected chi connectivity index (χ3v) is 5.20. The first-order chi connectivity index (χ1) is 10.2. The van der Waals surface area contributed by atoms with Gasteiger partial charge in [-0.15, -0.1) is 0 Å². The fraction of sp³-hybridized carbons (Fsp3) is 0.588. The minimum atomic E-state index is 0.482. The van der Waals surface area contributed by atoms with Crippen molar-refractivity contribution in [1.29, 1.82) is 0 Å². The second kappa shape index (κ2) is 7.85. The smallest absolute Gasteiger partial charge is 0.111 e. The van der Waals surface area contributed by atoms with Crippen molar-refractivity contribution in [3.05, 3.63) is 30.1 Å². The van der Waals surface area contributed by atoms with Crippen molar-refractivity contribution in [2.45, 2.75) is 39.8 Å². The van der Waals surface area contributed by atoms with Gasteiger partial charge in [-0.3, -0.25) is 0 Å². The van der Waals surface area contributed by atoms with Gasteiger partial charge in [0.2, 0.25) is 0 Å². The van der Waals surface area contributed by atoms with E-state index in [1.54, 1.807) is 0 Å². The summed E-state index contributed by atoms with van der Waals surface area (Å²) in [6.07, 6.45) is 0.990. The first kappa shape index (κ1) is 16.4. The van der Waals surface area contributed by atoms with Crippen molar-refractivity contribution in [2.75, 3.05) is 18.6 Å². The van der Waals surface area contributed by atoms with Crippen molar-refractivity contribution < 1.29 is 0 Å². The quantitative estimate of drug-likeness (QED) is 0.808. The van der Waals surface area contributed by atoms with Crippen LogP contribution >= 0.6 is 11.8 Å². The van der Waals surface area contributed by atoms with E-state index >= 15 is 0 Å². The number of benzene rings is 1. The Hall–Kier alpha value is -1.00. The van der Waals surface area contributed by atoms with Crippen LogP contribution in [0.25, 0.3) is 11.0 Å². The molecule has 0 aliphatic rings. The van der Waals surface area contributed by atoms with E-state index < -0.39 is 0 Å². The summed E-state index contributed by atoms with van der Waals surface area (Å²) >= 11 is 2.03. The Balaban J connectivity index is 2.09. The largest absolute Gasteiger partial charge is 0.328 e. The van der Waals surface area contributed by atoms with Crippen molar-refractivity contribution in [3.8, 4) is 0 Å². The van der Waals surface area contributed by atoms with Crippen LogP contribution in [0.4, 0.5) is 0 Å². The number of fused-ring (bicyclic) bond motifs is 1. The summed E-state index contributed by atoms with van der Waals surface area (Å²) < 4.78 is 2.34. The molecular formula is C17H27N3S. The molecule has 0 aliphatic heterocycles. The first-order valence-electron chi connectivity index (χ1n) is 7.84. The summed E-state index contributed by atoms with van der Waals surface area (Å²) in [7, 11) is 2.06. The molecule has 0 spiro atoms. The summed E-state index contributed by atoms with van der Waals surface area (Å²) in [6.45, 7) is 7.72. The van der Waals surface area contributed by atoms with Gasteiger partial charge in [-0.1, -0.05) is 26.0 Å². The Bertz CT molecular complexity index is 562. The van der Waals surface area contributed by atoms with Crippen LogP contribution in [0, 0.1) is 5.92 Å². The number of nitrogens with one attached hydrogen (secondary N) is 1. The van der Waals surface area contributed by atoms with E-state index in [9.17, 15) is 0 Å². The third-order valence-electron chi connectivity index (χ3n) is 3.66. The van der Waals surface area contributed by atoms with Gasteiger partial charge >= 0.3 is 0 Å². The fourth-order valence-electron chi connectivity index (χ4n) is 2.54. The molecule has 116 valence electrons. The zero-order valence-electron chi connectivity index (χ0n) is 13.6. The van der Waals surface area contributed by atoms with Gasteiger partial charge in [0.25, 0.3) is 0 Å². The molecule has 1 N–H and O–H groups in total. The van der Waals surface area contributed by atoms with Crippen molar-refractivity contribution in [2.24, 2.45) is 5.92 Å². The zero-order valence-corrected chi connectivity index (χ0v) is 14.4. The molecule has 1 unspecified atom stereocenters. The molecule has 3 nitrogen and oxygen atoms in total. The second-order valence-corrected chi connectivity index (χ2v) is 6.96. The molecule has 2 aromatic rings. The summed E-state index contributed by atoms with van der Waals surface area (Å²) in [5.74, 6) is 4.32. The van der Waals surface area contributed by atoms with E-state index in [2.05, 4.69) is 62.0 Å². The lowest BCUT2D eigenvalue weighted by Gasteiger charge is -2.17. The van der Waals surface area contributed by atoms with E-state index in [1.807, 2.05) is 11.8 Å². The molecule has 0 bridgehead atoms. The topological polar surface area (TPSA) is 29.9 Å². The van der Waals surface area contributed by atoms with Crippen molar-refractivity contribution in [1.82, 2.24) is 14.9 Å². The molecule has 21 heavy (non-hydrogen) atoms. The van der Waals surface area contributed by atoms with E-state index in [0.717, 1.165) is 30.2 Å². The van der Waals surface area contributed by atoms with Crippen LogP contribution in [-0.2, 0) is 13.0 Å². The van der Waals surface area contributed by atoms with E-state index in [1.165, 1.54) is 17.1 Å². The van der Waals surface area contributed by atoms with Crippen LogP contribution in [0.5, 0.6) is 0 Å². The third kappa shape index (κ3) is 4.24. The number of hydrogen-bond donors (Lipinski definition) is 1. The van der Waals surface area contributed by atoms with Gasteiger partial charge in [0, 0.05) is 24.8 Å². The Morgan fingerprint density at radius 1 is 1.24 bits per heavy atom. The Morgan fingerprint density at radius 2 is 2.00 bits per heavy atom. The van der Waals surface area contributed by atoms with E-state index in [0.29, 0.717) is 6.04 Å². The molecule has 2 rings (SSSR count). The van der Waals surface area contributed by atoms with Gasteiger partial charge in [-0.2, -0.15) is 11.8 Å². The number of para-hydroxylation sites is 2. The molecule has 1 atom stereocenters. The average Bonchev–Trinajstić information content (AvgIpc) is 2.82. The summed E-state index contributed by atoms with van der Waals surface area (Å²) in [6, 6.07) is 8.90. The van der Waals surface area contributed by atoms with E-state index in [-0.39, 0.29) is 0 Å². The van der Waals surface area contributed by atoms with Crippen LogP contribution in [-0.4, -0.2) is 34.1 Å². The zero-order chi connectivity index (χ0) is 15.2.